The summed E-state index contributed by atoms with van der Waals surface area (Å²) in [5.74, 6) is 0.969. The summed E-state index contributed by atoms with van der Waals surface area (Å²) in [4.78, 5) is 25.9. The van der Waals surface area contributed by atoms with Gasteiger partial charge in [0.05, 0.1) is 12.1 Å². The number of aliphatic hydroxyl groups excluding tert-OH is 1. The normalized spacial score (nSPS) is 19.8. The van der Waals surface area contributed by atoms with E-state index in [-0.39, 0.29) is 30.8 Å². The number of piperidine rings is 1. The van der Waals surface area contributed by atoms with Crippen molar-refractivity contribution >= 4 is 17.5 Å². The maximum Gasteiger partial charge on any atom is 0.248 e. The summed E-state index contributed by atoms with van der Waals surface area (Å²) in [6.45, 7) is 1.03. The molecule has 2 saturated heterocycles. The highest BCUT2D eigenvalue weighted by Crippen LogP contribution is 2.30. The largest absolute Gasteiger partial charge is 0.486 e. The van der Waals surface area contributed by atoms with E-state index in [9.17, 15) is 14.4 Å². The Morgan fingerprint density at radius 2 is 1.97 bits per heavy atom. The molecular weight excluding hydrogens is 503 g/mol. The summed E-state index contributed by atoms with van der Waals surface area (Å²) in [5, 5.41) is 21.9. The summed E-state index contributed by atoms with van der Waals surface area (Å²) < 4.78 is 26.0. The Kier molecular flexibility index (Phi) is 8.24. The third-order valence-corrected chi connectivity index (χ3v) is 7.04. The quantitative estimate of drug-likeness (QED) is 0.470. The first-order valence-electron chi connectivity index (χ1n) is 12.9. The van der Waals surface area contributed by atoms with E-state index >= 15 is 0 Å². The van der Waals surface area contributed by atoms with Crippen molar-refractivity contribution in [2.45, 2.75) is 37.5 Å². The second-order valence-electron chi connectivity index (χ2n) is 9.55. The average molecular weight is 533 g/mol. The molecule has 0 saturated carbocycles. The van der Waals surface area contributed by atoms with Crippen molar-refractivity contribution in [3.8, 4) is 23.2 Å². The summed E-state index contributed by atoms with van der Waals surface area (Å²) >= 11 is 0. The molecule has 2 aromatic carbocycles. The van der Waals surface area contributed by atoms with Crippen molar-refractivity contribution in [2.24, 2.45) is 0 Å². The molecule has 1 amide bonds. The fraction of sp³-hybridized carbons (Fsp3) is 0.393. The number of hydrogen-bond donors (Lipinski definition) is 2. The Labute approximate surface area is 225 Å². The lowest BCUT2D eigenvalue weighted by atomic mass is 9.92. The highest BCUT2D eigenvalue weighted by atomic mass is 19.1. The molecule has 39 heavy (non-hydrogen) atoms. The number of halogens is 1. The number of aliphatic hydroxyl groups is 1. The molecule has 10 nitrogen and oxygen atoms in total. The molecule has 0 bridgehead atoms. The Hall–Kier alpha value is -4.14. The number of hydrogen-bond acceptors (Lipinski definition) is 9. The SMILES string of the molecule is N#Cc1cc(-c2ncnc(Nc3ccc(C4CCOCC4)cc3)n2)ccc1OC1CCN(C(=O)CO)CC1F. The first kappa shape index (κ1) is 26.5. The van der Waals surface area contributed by atoms with Gasteiger partial charge in [-0.15, -0.1) is 0 Å². The van der Waals surface area contributed by atoms with Crippen molar-refractivity contribution in [1.29, 1.82) is 5.26 Å². The fourth-order valence-corrected chi connectivity index (χ4v) is 4.86. The summed E-state index contributed by atoms with van der Waals surface area (Å²) in [6, 6.07) is 15.2. The van der Waals surface area contributed by atoms with Gasteiger partial charge in [0.1, 0.15) is 30.9 Å². The van der Waals surface area contributed by atoms with E-state index in [2.05, 4.69) is 38.5 Å². The monoisotopic (exact) mass is 532 g/mol. The van der Waals surface area contributed by atoms with Gasteiger partial charge in [-0.05, 0) is 54.7 Å². The molecule has 0 spiro atoms. The third kappa shape index (κ3) is 6.30. The maximum absolute atomic E-state index is 14.7. The lowest BCUT2D eigenvalue weighted by molar-refractivity contribution is -0.138. The van der Waals surface area contributed by atoms with E-state index in [0.717, 1.165) is 31.7 Å². The van der Waals surface area contributed by atoms with E-state index in [4.69, 9.17) is 14.6 Å². The van der Waals surface area contributed by atoms with Gasteiger partial charge in [0.15, 0.2) is 12.0 Å². The van der Waals surface area contributed by atoms with E-state index in [1.165, 1.54) is 16.8 Å². The predicted molar refractivity (Wildman–Crippen MR) is 140 cm³/mol. The first-order valence-corrected chi connectivity index (χ1v) is 12.9. The Balaban J connectivity index is 1.26. The Bertz CT molecular complexity index is 1340. The zero-order chi connectivity index (χ0) is 27.2. The fourth-order valence-electron chi connectivity index (χ4n) is 4.86. The van der Waals surface area contributed by atoms with Gasteiger partial charge < -0.3 is 24.8 Å². The van der Waals surface area contributed by atoms with E-state index in [1.54, 1.807) is 18.2 Å². The van der Waals surface area contributed by atoms with Crippen LogP contribution in [0.4, 0.5) is 16.0 Å². The van der Waals surface area contributed by atoms with Gasteiger partial charge in [-0.1, -0.05) is 12.1 Å². The van der Waals surface area contributed by atoms with Crippen LogP contribution in [0.15, 0.2) is 48.8 Å². The number of nitrogens with zero attached hydrogens (tertiary/aromatic N) is 5. The minimum Gasteiger partial charge on any atom is -0.486 e. The van der Waals surface area contributed by atoms with Crippen LogP contribution in [0, 0.1) is 11.3 Å². The summed E-state index contributed by atoms with van der Waals surface area (Å²) in [5.41, 5.74) is 2.93. The van der Waals surface area contributed by atoms with Crippen molar-refractivity contribution < 1.29 is 23.8 Å². The number of carbonyl (C=O) groups is 1. The number of ether oxygens (including phenoxy) is 2. The first-order chi connectivity index (χ1) is 19.0. The van der Waals surface area contributed by atoms with Crippen LogP contribution in [0.2, 0.25) is 0 Å². The molecule has 3 heterocycles. The van der Waals surface area contributed by atoms with Crippen LogP contribution in [0.3, 0.4) is 0 Å². The Morgan fingerprint density at radius 1 is 1.18 bits per heavy atom. The molecule has 2 aliphatic heterocycles. The van der Waals surface area contributed by atoms with Crippen LogP contribution in [0.5, 0.6) is 5.75 Å². The number of benzene rings is 2. The van der Waals surface area contributed by atoms with Gasteiger partial charge in [-0.2, -0.15) is 10.2 Å². The molecule has 5 rings (SSSR count). The topological polar surface area (TPSA) is 133 Å². The molecule has 3 aromatic rings. The van der Waals surface area contributed by atoms with Crippen LogP contribution in [0.1, 0.15) is 36.3 Å². The Morgan fingerprint density at radius 3 is 2.69 bits per heavy atom. The number of amides is 1. The van der Waals surface area contributed by atoms with Gasteiger partial charge in [0.25, 0.3) is 0 Å². The summed E-state index contributed by atoms with van der Waals surface area (Å²) in [7, 11) is 0. The number of likely N-dealkylation sites (tertiary alicyclic amines) is 1. The molecule has 2 atom stereocenters. The van der Waals surface area contributed by atoms with Crippen molar-refractivity contribution in [3.05, 3.63) is 59.9 Å². The number of nitrogens with one attached hydrogen (secondary N) is 1. The molecule has 0 aliphatic carbocycles. The molecule has 1 aromatic heterocycles. The molecule has 2 N–H and O–H groups in total. The second-order valence-corrected chi connectivity index (χ2v) is 9.55. The van der Waals surface area contributed by atoms with Gasteiger partial charge in [-0.25, -0.2) is 14.4 Å². The average Bonchev–Trinajstić information content (AvgIpc) is 2.99. The van der Waals surface area contributed by atoms with Crippen LogP contribution >= 0.6 is 0 Å². The van der Waals surface area contributed by atoms with Crippen LogP contribution < -0.4 is 10.1 Å². The molecular formula is C28H29FN6O4. The minimum absolute atomic E-state index is 0.164. The lowest BCUT2D eigenvalue weighted by Gasteiger charge is -2.34. The van der Waals surface area contributed by atoms with Crippen LogP contribution in [-0.4, -0.2) is 76.1 Å². The zero-order valence-electron chi connectivity index (χ0n) is 21.3. The second kappa shape index (κ2) is 12.1. The lowest BCUT2D eigenvalue weighted by Crippen LogP contribution is -2.50. The third-order valence-electron chi connectivity index (χ3n) is 7.04. The molecule has 202 valence electrons. The number of aromatic nitrogens is 3. The van der Waals surface area contributed by atoms with E-state index in [1.807, 2.05) is 12.1 Å². The molecule has 2 aliphatic rings. The van der Waals surface area contributed by atoms with E-state index < -0.39 is 24.8 Å². The highest BCUT2D eigenvalue weighted by molar-refractivity contribution is 5.77. The molecule has 11 heteroatoms. The van der Waals surface area contributed by atoms with Crippen LogP contribution in [0.25, 0.3) is 11.4 Å². The number of rotatable bonds is 7. The van der Waals surface area contributed by atoms with Gasteiger partial charge in [-0.3, -0.25) is 4.79 Å². The predicted octanol–water partition coefficient (Wildman–Crippen LogP) is 3.36. The van der Waals surface area contributed by atoms with Crippen molar-refractivity contribution in [2.75, 3.05) is 38.2 Å². The molecule has 0 radical (unpaired) electrons. The van der Waals surface area contributed by atoms with Gasteiger partial charge in [0, 0.05) is 37.4 Å². The molecule has 2 unspecified atom stereocenters. The number of alkyl halides is 1. The van der Waals surface area contributed by atoms with Crippen molar-refractivity contribution in [3.63, 3.8) is 0 Å². The smallest absolute Gasteiger partial charge is 0.248 e. The molecule has 2 fully saturated rings. The highest BCUT2D eigenvalue weighted by Gasteiger charge is 2.33. The maximum atomic E-state index is 14.7. The van der Waals surface area contributed by atoms with Crippen molar-refractivity contribution in [1.82, 2.24) is 19.9 Å². The zero-order valence-corrected chi connectivity index (χ0v) is 21.3. The van der Waals surface area contributed by atoms with Gasteiger partial charge >= 0.3 is 0 Å². The number of carbonyl (C=O) groups excluding carboxylic acids is 1. The van der Waals surface area contributed by atoms with E-state index in [0.29, 0.717) is 23.3 Å². The standard InChI is InChI=1S/C28H29FN6O4/c29-23-15-35(26(37)16-36)10-7-25(23)39-24-6-3-20(13-21(24)14-30)27-31-17-32-28(34-27)33-22-4-1-18(2-5-22)19-8-11-38-12-9-19/h1-6,13,17,19,23,25,36H,7-12,15-16H2,(H,31,32,33,34). The summed E-state index contributed by atoms with van der Waals surface area (Å²) in [6.07, 6.45) is 1.44. The number of anilines is 2. The van der Waals surface area contributed by atoms with Crippen LogP contribution in [-0.2, 0) is 9.53 Å². The number of nitriles is 1. The minimum atomic E-state index is -1.44. The van der Waals surface area contributed by atoms with Gasteiger partial charge in [0.2, 0.25) is 11.9 Å².